The van der Waals surface area contributed by atoms with Crippen LogP contribution in [0.2, 0.25) is 0 Å². The van der Waals surface area contributed by atoms with Gasteiger partial charge in [0, 0.05) is 19.6 Å². The first-order valence-corrected chi connectivity index (χ1v) is 11.4. The van der Waals surface area contributed by atoms with Crippen molar-refractivity contribution in [2.24, 2.45) is 0 Å². The van der Waals surface area contributed by atoms with Crippen LogP contribution in [-0.2, 0) is 20.7 Å². The average Bonchev–Trinajstić information content (AvgIpc) is 3.30. The van der Waals surface area contributed by atoms with Gasteiger partial charge in [0.2, 0.25) is 0 Å². The minimum atomic E-state index is -0.221. The van der Waals surface area contributed by atoms with Gasteiger partial charge in [0.25, 0.3) is 0 Å². The monoisotopic (exact) mass is 443 g/mol. The Morgan fingerprint density at radius 2 is 1.73 bits per heavy atom. The standard InChI is InChI=1S/C28H29NO4/c30-26(21-27(31)12-9-23-7-10-24-4-2-5-25(24)19-23)11-8-22-3-1-6-28(20-22)33-18-15-29-13-16-32-17-14-29/h1-4,6-12,19-20H,5,13-18,21H2/b11-8+,12-9+. The molecule has 0 N–H and O–H groups in total. The second kappa shape index (κ2) is 11.5. The molecular formula is C28H29NO4. The highest BCUT2D eigenvalue weighted by molar-refractivity contribution is 6.10. The molecule has 4 rings (SSSR count). The molecule has 1 aliphatic heterocycles. The Kier molecular flexibility index (Phi) is 8.01. The van der Waals surface area contributed by atoms with Crippen LogP contribution in [0.15, 0.2) is 60.7 Å². The maximum absolute atomic E-state index is 12.2. The molecule has 0 spiro atoms. The molecule has 1 fully saturated rings. The maximum atomic E-state index is 12.2. The summed E-state index contributed by atoms with van der Waals surface area (Å²) >= 11 is 0. The summed E-state index contributed by atoms with van der Waals surface area (Å²) in [6, 6.07) is 13.7. The number of hydrogen-bond acceptors (Lipinski definition) is 5. The fourth-order valence-corrected chi connectivity index (χ4v) is 3.87. The first-order valence-electron chi connectivity index (χ1n) is 11.4. The molecule has 170 valence electrons. The van der Waals surface area contributed by atoms with E-state index in [0.717, 1.165) is 56.1 Å². The number of rotatable bonds is 10. The van der Waals surface area contributed by atoms with Crippen LogP contribution in [0.1, 0.15) is 28.7 Å². The molecule has 0 bridgehead atoms. The zero-order valence-electron chi connectivity index (χ0n) is 18.7. The van der Waals surface area contributed by atoms with Crippen molar-refractivity contribution >= 4 is 29.8 Å². The summed E-state index contributed by atoms with van der Waals surface area (Å²) in [6.45, 7) is 4.89. The molecule has 33 heavy (non-hydrogen) atoms. The number of carbonyl (C=O) groups excluding carboxylic acids is 2. The van der Waals surface area contributed by atoms with E-state index in [0.29, 0.717) is 6.61 Å². The van der Waals surface area contributed by atoms with E-state index in [4.69, 9.17) is 9.47 Å². The quantitative estimate of drug-likeness (QED) is 0.407. The second-order valence-corrected chi connectivity index (χ2v) is 8.22. The molecule has 0 saturated carbocycles. The number of carbonyl (C=O) groups is 2. The zero-order valence-corrected chi connectivity index (χ0v) is 18.7. The molecule has 2 aromatic rings. The Bertz CT molecular complexity index is 1080. The van der Waals surface area contributed by atoms with Gasteiger partial charge in [-0.25, -0.2) is 0 Å². The lowest BCUT2D eigenvalue weighted by molar-refractivity contribution is -0.121. The molecule has 1 aliphatic carbocycles. The molecule has 0 atom stereocenters. The molecule has 0 aromatic heterocycles. The highest BCUT2D eigenvalue weighted by atomic mass is 16.5. The smallest absolute Gasteiger partial charge is 0.163 e. The van der Waals surface area contributed by atoms with Crippen molar-refractivity contribution in [3.8, 4) is 5.75 Å². The van der Waals surface area contributed by atoms with E-state index in [1.54, 1.807) is 12.2 Å². The Morgan fingerprint density at radius 3 is 2.52 bits per heavy atom. The second-order valence-electron chi connectivity index (χ2n) is 8.22. The van der Waals surface area contributed by atoms with E-state index in [-0.39, 0.29) is 18.0 Å². The summed E-state index contributed by atoms with van der Waals surface area (Å²) in [6.07, 6.45) is 11.5. The third-order valence-electron chi connectivity index (χ3n) is 5.71. The number of nitrogens with zero attached hydrogens (tertiary/aromatic N) is 1. The first kappa shape index (κ1) is 22.9. The Hall–Kier alpha value is -3.28. The molecule has 2 aromatic carbocycles. The summed E-state index contributed by atoms with van der Waals surface area (Å²) in [5.74, 6) is 0.339. The first-order chi connectivity index (χ1) is 16.2. The van der Waals surface area contributed by atoms with Crippen LogP contribution < -0.4 is 4.74 Å². The Balaban J connectivity index is 1.23. The van der Waals surface area contributed by atoms with E-state index in [2.05, 4.69) is 29.2 Å². The van der Waals surface area contributed by atoms with Crippen molar-refractivity contribution in [3.05, 3.63) is 82.9 Å². The van der Waals surface area contributed by atoms with Gasteiger partial charge in [-0.1, -0.05) is 54.6 Å². The molecule has 2 aliphatic rings. The number of fused-ring (bicyclic) bond motifs is 1. The van der Waals surface area contributed by atoms with E-state index >= 15 is 0 Å². The minimum absolute atomic E-state index is 0.144. The lowest BCUT2D eigenvalue weighted by atomic mass is 10.0. The van der Waals surface area contributed by atoms with Gasteiger partial charge in [0.15, 0.2) is 11.6 Å². The number of hydrogen-bond donors (Lipinski definition) is 0. The third kappa shape index (κ3) is 7.11. The molecular weight excluding hydrogens is 414 g/mol. The van der Waals surface area contributed by atoms with Gasteiger partial charge in [-0.05, 0) is 53.0 Å². The van der Waals surface area contributed by atoms with Gasteiger partial charge < -0.3 is 9.47 Å². The van der Waals surface area contributed by atoms with Crippen molar-refractivity contribution in [2.75, 3.05) is 39.5 Å². The van der Waals surface area contributed by atoms with E-state index in [1.807, 2.05) is 30.3 Å². The minimum Gasteiger partial charge on any atom is -0.492 e. The Labute approximate surface area is 195 Å². The fraction of sp³-hybridized carbons (Fsp3) is 0.286. The largest absolute Gasteiger partial charge is 0.492 e. The van der Waals surface area contributed by atoms with E-state index in [9.17, 15) is 9.59 Å². The molecule has 0 unspecified atom stereocenters. The van der Waals surface area contributed by atoms with Gasteiger partial charge in [-0.3, -0.25) is 14.5 Å². The van der Waals surface area contributed by atoms with Crippen molar-refractivity contribution < 1.29 is 19.1 Å². The van der Waals surface area contributed by atoms with Crippen LogP contribution in [0.25, 0.3) is 18.2 Å². The third-order valence-corrected chi connectivity index (χ3v) is 5.71. The number of benzene rings is 2. The van der Waals surface area contributed by atoms with Crippen molar-refractivity contribution in [3.63, 3.8) is 0 Å². The van der Waals surface area contributed by atoms with Gasteiger partial charge in [0.05, 0.1) is 19.6 Å². The van der Waals surface area contributed by atoms with Gasteiger partial charge in [-0.2, -0.15) is 0 Å². The van der Waals surface area contributed by atoms with Crippen molar-refractivity contribution in [1.29, 1.82) is 0 Å². The Morgan fingerprint density at radius 1 is 0.970 bits per heavy atom. The summed E-state index contributed by atoms with van der Waals surface area (Å²) in [5.41, 5.74) is 4.32. The number of ketones is 2. The maximum Gasteiger partial charge on any atom is 0.163 e. The van der Waals surface area contributed by atoms with Crippen LogP contribution in [0.5, 0.6) is 5.75 Å². The van der Waals surface area contributed by atoms with Crippen molar-refractivity contribution in [1.82, 2.24) is 4.90 Å². The highest BCUT2D eigenvalue weighted by Crippen LogP contribution is 2.21. The van der Waals surface area contributed by atoms with E-state index in [1.165, 1.54) is 23.3 Å². The lowest BCUT2D eigenvalue weighted by Gasteiger charge is -2.26. The van der Waals surface area contributed by atoms with Crippen LogP contribution in [-0.4, -0.2) is 55.9 Å². The summed E-state index contributed by atoms with van der Waals surface area (Å²) in [4.78, 5) is 26.7. The van der Waals surface area contributed by atoms with Crippen molar-refractivity contribution in [2.45, 2.75) is 12.8 Å². The molecule has 1 saturated heterocycles. The fourth-order valence-electron chi connectivity index (χ4n) is 3.87. The van der Waals surface area contributed by atoms with Crippen LogP contribution in [0, 0.1) is 0 Å². The molecule has 1 heterocycles. The van der Waals surface area contributed by atoms with Crippen LogP contribution in [0.3, 0.4) is 0 Å². The summed E-state index contributed by atoms with van der Waals surface area (Å²) in [7, 11) is 0. The molecule has 5 nitrogen and oxygen atoms in total. The van der Waals surface area contributed by atoms with Gasteiger partial charge >= 0.3 is 0 Å². The van der Waals surface area contributed by atoms with Crippen LogP contribution in [0.4, 0.5) is 0 Å². The SMILES string of the molecule is O=C(/C=C/c1cccc(OCCN2CCOCC2)c1)CC(=O)/C=C/c1ccc2c(c1)CC=C2. The summed E-state index contributed by atoms with van der Waals surface area (Å²) in [5, 5.41) is 0. The van der Waals surface area contributed by atoms with Gasteiger partial charge in [0.1, 0.15) is 12.4 Å². The normalized spacial score (nSPS) is 15.9. The van der Waals surface area contributed by atoms with Crippen LogP contribution >= 0.6 is 0 Å². The molecule has 0 amide bonds. The van der Waals surface area contributed by atoms with Gasteiger partial charge in [-0.15, -0.1) is 0 Å². The molecule has 0 radical (unpaired) electrons. The highest BCUT2D eigenvalue weighted by Gasteiger charge is 2.10. The van der Waals surface area contributed by atoms with E-state index < -0.39 is 0 Å². The average molecular weight is 444 g/mol. The topological polar surface area (TPSA) is 55.8 Å². The number of morpholine rings is 1. The zero-order chi connectivity index (χ0) is 22.9. The number of allylic oxidation sites excluding steroid dienone is 3. The lowest BCUT2D eigenvalue weighted by Crippen LogP contribution is -2.38. The molecule has 5 heteroatoms. The predicted molar refractivity (Wildman–Crippen MR) is 131 cm³/mol. The predicted octanol–water partition coefficient (Wildman–Crippen LogP) is 4.22. The summed E-state index contributed by atoms with van der Waals surface area (Å²) < 4.78 is 11.2. The number of ether oxygens (including phenoxy) is 2.